The van der Waals surface area contributed by atoms with Gasteiger partial charge in [-0.15, -0.1) is 6.58 Å². The molecule has 31 heavy (non-hydrogen) atoms. The number of carbonyl (C=O) groups excluding carboxylic acids is 1. The van der Waals surface area contributed by atoms with Crippen molar-refractivity contribution in [3.63, 3.8) is 0 Å². The molecule has 2 aliphatic rings. The van der Waals surface area contributed by atoms with Crippen molar-refractivity contribution in [2.45, 2.75) is 31.8 Å². The molecule has 1 unspecified atom stereocenters. The topological polar surface area (TPSA) is 44.8 Å². The van der Waals surface area contributed by atoms with Gasteiger partial charge in [-0.2, -0.15) is 0 Å². The summed E-state index contributed by atoms with van der Waals surface area (Å²) in [5, 5.41) is 0. The quantitative estimate of drug-likeness (QED) is 0.555. The highest BCUT2D eigenvalue weighted by molar-refractivity contribution is 5.93. The van der Waals surface area contributed by atoms with E-state index in [0.717, 1.165) is 11.1 Å². The molecule has 0 saturated carbocycles. The molecule has 5 heteroatoms. The van der Waals surface area contributed by atoms with Crippen LogP contribution in [0.5, 0.6) is 5.75 Å². The highest BCUT2D eigenvalue weighted by atomic mass is 19.1. The fourth-order valence-corrected chi connectivity index (χ4v) is 4.68. The summed E-state index contributed by atoms with van der Waals surface area (Å²) in [7, 11) is 1.54. The summed E-state index contributed by atoms with van der Waals surface area (Å²) in [4.78, 5) is 12.4. The molecule has 1 aliphatic heterocycles. The van der Waals surface area contributed by atoms with Crippen LogP contribution in [0.1, 0.15) is 25.3 Å². The Morgan fingerprint density at radius 2 is 2.10 bits per heavy atom. The van der Waals surface area contributed by atoms with E-state index >= 15 is 4.39 Å². The Morgan fingerprint density at radius 3 is 2.81 bits per heavy atom. The van der Waals surface area contributed by atoms with E-state index in [4.69, 9.17) is 14.2 Å². The zero-order valence-electron chi connectivity index (χ0n) is 17.9. The monoisotopic (exact) mass is 422 g/mol. The number of halogens is 1. The zero-order valence-corrected chi connectivity index (χ0v) is 17.9. The van der Waals surface area contributed by atoms with Crippen molar-refractivity contribution in [1.29, 1.82) is 0 Å². The molecule has 0 amide bonds. The molecule has 1 fully saturated rings. The Labute approximate surface area is 182 Å². The van der Waals surface area contributed by atoms with Crippen LogP contribution in [-0.2, 0) is 20.7 Å². The van der Waals surface area contributed by atoms with Gasteiger partial charge in [-0.1, -0.05) is 43.3 Å². The number of methoxy groups -OCH3 is 1. The summed E-state index contributed by atoms with van der Waals surface area (Å²) < 4.78 is 32.2. The number of carbonyl (C=O) groups is 1. The van der Waals surface area contributed by atoms with Gasteiger partial charge in [-0.25, -0.2) is 4.39 Å². The lowest BCUT2D eigenvalue weighted by Gasteiger charge is -2.38. The van der Waals surface area contributed by atoms with Gasteiger partial charge in [0, 0.05) is 23.6 Å². The van der Waals surface area contributed by atoms with Crippen LogP contribution in [0.15, 0.2) is 67.0 Å². The number of ether oxygens (including phenoxy) is 3. The molecule has 0 bridgehead atoms. The predicted octanol–water partition coefficient (Wildman–Crippen LogP) is 5.47. The van der Waals surface area contributed by atoms with E-state index in [9.17, 15) is 4.79 Å². The van der Waals surface area contributed by atoms with Gasteiger partial charge in [0.1, 0.15) is 22.9 Å². The third-order valence-electron chi connectivity index (χ3n) is 6.40. The molecule has 2 aromatic carbocycles. The highest BCUT2D eigenvalue weighted by Crippen LogP contribution is 2.46. The van der Waals surface area contributed by atoms with E-state index in [2.05, 4.69) is 6.58 Å². The summed E-state index contributed by atoms with van der Waals surface area (Å²) in [6, 6.07) is 13.1. The van der Waals surface area contributed by atoms with Crippen LogP contribution < -0.4 is 4.74 Å². The highest BCUT2D eigenvalue weighted by Gasteiger charge is 2.51. The molecule has 2 aromatic rings. The first-order chi connectivity index (χ1) is 15.0. The zero-order chi connectivity index (χ0) is 22.0. The molecule has 3 atom stereocenters. The number of fused-ring (bicyclic) bond motifs is 1. The lowest BCUT2D eigenvalue weighted by molar-refractivity contribution is -0.123. The minimum absolute atomic E-state index is 0.0326. The second kappa shape index (κ2) is 8.67. The molecule has 1 saturated heterocycles. The normalized spacial score (nSPS) is 23.5. The number of benzene rings is 2. The largest absolute Gasteiger partial charge is 0.496 e. The van der Waals surface area contributed by atoms with E-state index in [-0.39, 0.29) is 30.2 Å². The Kier molecular flexibility index (Phi) is 5.96. The Bertz CT molecular complexity index is 1010. The summed E-state index contributed by atoms with van der Waals surface area (Å²) in [6.07, 6.45) is 4.83. The number of hydrogen-bond acceptors (Lipinski definition) is 4. The second-order valence-electron chi connectivity index (χ2n) is 8.25. The molecule has 1 aliphatic carbocycles. The first kappa shape index (κ1) is 21.3. The Hall–Kier alpha value is -2.92. The van der Waals surface area contributed by atoms with E-state index in [0.29, 0.717) is 36.3 Å². The standard InChI is InChI=1S/C26H27FO4/c1-4-8-19-15-26(25(14-23(19)28)30-16-31-26)17(2)11-20-12-21(18-9-6-5-7-10-18)24(29-3)13-22(20)27/h4-7,9-10,12-14,17,19H,1,8,11,15-16H2,2-3H3/t17?,19-,26+/m0/s1. The predicted molar refractivity (Wildman–Crippen MR) is 117 cm³/mol. The molecule has 0 spiro atoms. The third-order valence-corrected chi connectivity index (χ3v) is 6.40. The van der Waals surface area contributed by atoms with E-state index in [1.807, 2.05) is 43.3 Å². The number of hydrogen-bond donors (Lipinski definition) is 0. The maximum absolute atomic E-state index is 15.0. The molecule has 1 heterocycles. The Morgan fingerprint density at radius 1 is 1.32 bits per heavy atom. The Balaban J connectivity index is 1.68. The average Bonchev–Trinajstić information content (AvgIpc) is 3.19. The van der Waals surface area contributed by atoms with E-state index in [1.165, 1.54) is 6.07 Å². The van der Waals surface area contributed by atoms with Crippen LogP contribution in [0.2, 0.25) is 0 Å². The lowest BCUT2D eigenvalue weighted by Crippen LogP contribution is -2.45. The van der Waals surface area contributed by atoms with Crippen molar-refractivity contribution in [2.24, 2.45) is 11.8 Å². The maximum atomic E-state index is 15.0. The molecule has 0 aromatic heterocycles. The minimum atomic E-state index is -0.735. The fraction of sp³-hybridized carbons (Fsp3) is 0.346. The van der Waals surface area contributed by atoms with Gasteiger partial charge in [-0.05, 0) is 42.4 Å². The molecule has 162 valence electrons. The third kappa shape index (κ3) is 3.90. The van der Waals surface area contributed by atoms with Gasteiger partial charge >= 0.3 is 0 Å². The van der Waals surface area contributed by atoms with Gasteiger partial charge in [0.25, 0.3) is 0 Å². The van der Waals surface area contributed by atoms with Crippen LogP contribution in [-0.4, -0.2) is 25.3 Å². The SMILES string of the molecule is C=CC[C@H]1C[C@]2(C(C)Cc3cc(-c4ccccc4)c(OC)cc3F)OCOC2=CC1=O. The van der Waals surface area contributed by atoms with Crippen LogP contribution in [0.4, 0.5) is 4.39 Å². The first-order valence-electron chi connectivity index (χ1n) is 10.5. The summed E-state index contributed by atoms with van der Waals surface area (Å²) in [6.45, 7) is 5.89. The van der Waals surface area contributed by atoms with Crippen molar-refractivity contribution in [1.82, 2.24) is 0 Å². The summed E-state index contributed by atoms with van der Waals surface area (Å²) >= 11 is 0. The van der Waals surface area contributed by atoms with Gasteiger partial charge in [0.05, 0.1) is 7.11 Å². The van der Waals surface area contributed by atoms with E-state index in [1.54, 1.807) is 19.3 Å². The molecule has 4 nitrogen and oxygen atoms in total. The second-order valence-corrected chi connectivity index (χ2v) is 8.25. The number of rotatable bonds is 7. The van der Waals surface area contributed by atoms with Crippen molar-refractivity contribution < 1.29 is 23.4 Å². The van der Waals surface area contributed by atoms with Gasteiger partial charge in [0.15, 0.2) is 12.6 Å². The summed E-state index contributed by atoms with van der Waals surface area (Å²) in [5.74, 6) is 0.458. The number of ketones is 1. The summed E-state index contributed by atoms with van der Waals surface area (Å²) in [5.41, 5.74) is 1.64. The molecule has 0 radical (unpaired) electrons. The van der Waals surface area contributed by atoms with Crippen LogP contribution in [0, 0.1) is 17.7 Å². The van der Waals surface area contributed by atoms with Crippen molar-refractivity contribution in [3.8, 4) is 16.9 Å². The van der Waals surface area contributed by atoms with Gasteiger partial charge in [-0.3, -0.25) is 4.79 Å². The van der Waals surface area contributed by atoms with Gasteiger partial charge in [0.2, 0.25) is 0 Å². The van der Waals surface area contributed by atoms with Crippen LogP contribution in [0.25, 0.3) is 11.1 Å². The smallest absolute Gasteiger partial charge is 0.189 e. The van der Waals surface area contributed by atoms with Crippen molar-refractivity contribution >= 4 is 5.78 Å². The minimum Gasteiger partial charge on any atom is -0.496 e. The van der Waals surface area contributed by atoms with E-state index < -0.39 is 5.60 Å². The molecular formula is C26H27FO4. The van der Waals surface area contributed by atoms with Gasteiger partial charge < -0.3 is 14.2 Å². The number of allylic oxidation sites excluding steroid dienone is 2. The average molecular weight is 422 g/mol. The van der Waals surface area contributed by atoms with Crippen molar-refractivity contribution in [3.05, 3.63) is 78.3 Å². The lowest BCUT2D eigenvalue weighted by atomic mass is 9.71. The fourth-order valence-electron chi connectivity index (χ4n) is 4.68. The van der Waals surface area contributed by atoms with Crippen molar-refractivity contribution in [2.75, 3.05) is 13.9 Å². The van der Waals surface area contributed by atoms with Crippen LogP contribution in [0.3, 0.4) is 0 Å². The molecule has 4 rings (SSSR count). The molecular weight excluding hydrogens is 395 g/mol. The first-order valence-corrected chi connectivity index (χ1v) is 10.5. The molecule has 0 N–H and O–H groups in total. The van der Waals surface area contributed by atoms with Crippen LogP contribution >= 0.6 is 0 Å². The maximum Gasteiger partial charge on any atom is 0.189 e.